The van der Waals surface area contributed by atoms with Crippen LogP contribution < -0.4 is 19.7 Å². The Morgan fingerprint density at radius 3 is 2.46 bits per heavy atom. The molecule has 3 saturated heterocycles. The van der Waals surface area contributed by atoms with Gasteiger partial charge in [-0.1, -0.05) is 0 Å². The van der Waals surface area contributed by atoms with Gasteiger partial charge < -0.3 is 14.4 Å². The van der Waals surface area contributed by atoms with Crippen LogP contribution in [0, 0.1) is 6.92 Å². The van der Waals surface area contributed by atoms with Crippen LogP contribution in [0.1, 0.15) is 49.5 Å². The third-order valence-corrected chi connectivity index (χ3v) is 11.1. The minimum atomic E-state index is -1.01. The van der Waals surface area contributed by atoms with Crippen LogP contribution >= 0.6 is 0 Å². The number of imide groups is 2. The van der Waals surface area contributed by atoms with E-state index >= 15 is 0 Å². The van der Waals surface area contributed by atoms with E-state index in [-0.39, 0.29) is 18.9 Å². The number of piperidine rings is 1. The number of aromatic nitrogens is 4. The van der Waals surface area contributed by atoms with E-state index in [9.17, 15) is 19.2 Å². The number of hydrogen-bond donors (Lipinski definition) is 2. The predicted octanol–water partition coefficient (Wildman–Crippen LogP) is 2.73. The summed E-state index contributed by atoms with van der Waals surface area (Å²) in [6.07, 6.45) is 2.25. The molecule has 7 rings (SSSR count). The molecule has 16 nitrogen and oxygen atoms in total. The zero-order chi connectivity index (χ0) is 40.1. The van der Waals surface area contributed by atoms with Crippen molar-refractivity contribution in [1.82, 2.24) is 45.1 Å². The topological polar surface area (TPSA) is 169 Å². The number of nitrogens with zero attached hydrogens (tertiary/aromatic N) is 8. The highest BCUT2D eigenvalue weighted by atomic mass is 16.5. The number of benzene rings is 2. The van der Waals surface area contributed by atoms with Crippen molar-refractivity contribution in [2.24, 2.45) is 0 Å². The molecule has 16 heteroatoms. The second-order valence-corrected chi connectivity index (χ2v) is 15.3. The number of carbonyl (C=O) groups is 4. The highest BCUT2D eigenvalue weighted by Gasteiger charge is 2.35. The number of carbonyl (C=O) groups excluding carboxylic acids is 4. The Labute approximate surface area is 332 Å². The van der Waals surface area contributed by atoms with E-state index in [0.717, 1.165) is 104 Å². The summed E-state index contributed by atoms with van der Waals surface area (Å²) in [6.45, 7) is 18.1. The van der Waals surface area contributed by atoms with Crippen molar-refractivity contribution in [3.8, 4) is 22.9 Å². The molecule has 4 aromatic rings. The van der Waals surface area contributed by atoms with Crippen LogP contribution in [0.2, 0.25) is 0 Å². The van der Waals surface area contributed by atoms with Crippen LogP contribution in [0.25, 0.3) is 22.3 Å². The molecule has 57 heavy (non-hydrogen) atoms. The average molecular weight is 781 g/mol. The summed E-state index contributed by atoms with van der Waals surface area (Å²) in [5, 5.41) is 10.9. The van der Waals surface area contributed by atoms with Gasteiger partial charge in [0.1, 0.15) is 42.0 Å². The van der Waals surface area contributed by atoms with Crippen molar-refractivity contribution in [3.05, 3.63) is 59.9 Å². The van der Waals surface area contributed by atoms with Crippen LogP contribution in [-0.4, -0.2) is 154 Å². The molecule has 5 heterocycles. The molecule has 0 radical (unpaired) electrons. The van der Waals surface area contributed by atoms with Crippen molar-refractivity contribution >= 4 is 40.9 Å². The molecular weight excluding hydrogens is 729 g/mol. The number of amides is 4. The van der Waals surface area contributed by atoms with Gasteiger partial charge in [-0.05, 0) is 76.1 Å². The summed E-state index contributed by atoms with van der Waals surface area (Å²) in [4.78, 5) is 68.7. The average Bonchev–Trinajstić information content (AvgIpc) is 3.62. The Hall–Kier alpha value is -5.45. The summed E-state index contributed by atoms with van der Waals surface area (Å²) >= 11 is 0. The second-order valence-electron chi connectivity index (χ2n) is 15.3. The van der Waals surface area contributed by atoms with Crippen LogP contribution in [-0.2, 0) is 14.4 Å². The smallest absolute Gasteiger partial charge is 0.261 e. The molecule has 0 bridgehead atoms. The first-order chi connectivity index (χ1) is 27.6. The van der Waals surface area contributed by atoms with Crippen molar-refractivity contribution in [2.45, 2.75) is 58.7 Å². The molecule has 4 amide bonds. The van der Waals surface area contributed by atoms with E-state index in [1.165, 1.54) is 0 Å². The molecule has 2 aromatic carbocycles. The van der Waals surface area contributed by atoms with E-state index in [2.05, 4.69) is 52.0 Å². The SMILES string of the molecule is Cc1cc(OCCN2CCN(CCN3CCN(c4cc(-c5n[nH]c6ccc(OC(C)C)cc56)ncn4)C[C@@H]3C)CC2)ccc1C(=O)N(C=O)C1CCC(=O)NC1=O. The number of nitrogens with one attached hydrogen (secondary N) is 2. The van der Waals surface area contributed by atoms with Crippen LogP contribution in [0.3, 0.4) is 0 Å². The maximum atomic E-state index is 13.2. The summed E-state index contributed by atoms with van der Waals surface area (Å²) in [6, 6.07) is 12.5. The number of ether oxygens (including phenoxy) is 2. The molecule has 3 aliphatic heterocycles. The third kappa shape index (κ3) is 9.41. The number of piperazine rings is 2. The first-order valence-corrected chi connectivity index (χ1v) is 19.8. The van der Waals surface area contributed by atoms with Crippen molar-refractivity contribution in [1.29, 1.82) is 0 Å². The fourth-order valence-electron chi connectivity index (χ4n) is 7.83. The normalized spacial score (nSPS) is 19.8. The minimum absolute atomic E-state index is 0.0729. The fourth-order valence-corrected chi connectivity index (χ4v) is 7.83. The van der Waals surface area contributed by atoms with Crippen molar-refractivity contribution in [3.63, 3.8) is 0 Å². The van der Waals surface area contributed by atoms with Crippen LogP contribution in [0.5, 0.6) is 11.5 Å². The molecule has 0 saturated carbocycles. The van der Waals surface area contributed by atoms with E-state index in [4.69, 9.17) is 9.47 Å². The summed E-state index contributed by atoms with van der Waals surface area (Å²) in [5.41, 5.74) is 3.44. The number of aryl methyl sites for hydroxylation is 1. The maximum absolute atomic E-state index is 13.2. The lowest BCUT2D eigenvalue weighted by Crippen LogP contribution is -2.55. The lowest BCUT2D eigenvalue weighted by atomic mass is 10.0. The number of hydrogen-bond acceptors (Lipinski definition) is 13. The van der Waals surface area contributed by atoms with Gasteiger partial charge >= 0.3 is 0 Å². The van der Waals surface area contributed by atoms with Gasteiger partial charge in [0.15, 0.2) is 0 Å². The summed E-state index contributed by atoms with van der Waals surface area (Å²) < 4.78 is 12.0. The molecule has 2 aromatic heterocycles. The molecule has 1 unspecified atom stereocenters. The van der Waals surface area contributed by atoms with Gasteiger partial charge in [0, 0.05) is 94.9 Å². The Bertz CT molecular complexity index is 2080. The predicted molar refractivity (Wildman–Crippen MR) is 214 cm³/mol. The Balaban J connectivity index is 0.829. The zero-order valence-electron chi connectivity index (χ0n) is 33.1. The van der Waals surface area contributed by atoms with Gasteiger partial charge in [-0.25, -0.2) is 9.97 Å². The summed E-state index contributed by atoms with van der Waals surface area (Å²) in [5.74, 6) is 0.716. The fraction of sp³-hybridized carbons (Fsp3) is 0.488. The monoisotopic (exact) mass is 780 g/mol. The first-order valence-electron chi connectivity index (χ1n) is 19.8. The highest BCUT2D eigenvalue weighted by Crippen LogP contribution is 2.30. The Kier molecular flexibility index (Phi) is 12.4. The van der Waals surface area contributed by atoms with Gasteiger partial charge in [-0.15, -0.1) is 0 Å². The van der Waals surface area contributed by atoms with Gasteiger partial charge in [0.05, 0.1) is 17.3 Å². The Morgan fingerprint density at radius 2 is 1.74 bits per heavy atom. The minimum Gasteiger partial charge on any atom is -0.492 e. The third-order valence-electron chi connectivity index (χ3n) is 11.1. The second kappa shape index (κ2) is 17.8. The van der Waals surface area contributed by atoms with E-state index in [1.54, 1.807) is 31.5 Å². The molecule has 302 valence electrons. The van der Waals surface area contributed by atoms with Gasteiger partial charge in [0.2, 0.25) is 18.2 Å². The lowest BCUT2D eigenvalue weighted by molar-refractivity contribution is -0.139. The number of rotatable bonds is 14. The standard InChI is InChI=1S/C41H52N10O6/c1-27(2)57-31-6-8-34-33(22-31)39(46-45-34)35-23-37(43-25-42-35)50-18-17-49(29(4)24-50)16-15-47-11-13-48(14-12-47)19-20-56-30-5-7-32(28(3)21-30)41(55)51(26-52)36-9-10-38(53)44-40(36)54/h5-8,21-23,25-27,29,36H,9-20,24H2,1-4H3,(H,45,46)(H,44,53,54)/t29-,36?/m0/s1. The van der Waals surface area contributed by atoms with Gasteiger partial charge in [0.25, 0.3) is 5.91 Å². The van der Waals surface area contributed by atoms with E-state index in [1.807, 2.05) is 38.1 Å². The van der Waals surface area contributed by atoms with E-state index < -0.39 is 23.8 Å². The lowest BCUT2D eigenvalue weighted by Gasteiger charge is -2.42. The van der Waals surface area contributed by atoms with E-state index in [0.29, 0.717) is 35.9 Å². The summed E-state index contributed by atoms with van der Waals surface area (Å²) in [7, 11) is 0. The number of H-pyrrole nitrogens is 1. The zero-order valence-corrected chi connectivity index (χ0v) is 33.1. The first kappa shape index (κ1) is 39.8. The number of fused-ring (bicyclic) bond motifs is 1. The van der Waals surface area contributed by atoms with Gasteiger partial charge in [-0.2, -0.15) is 5.10 Å². The molecule has 2 N–H and O–H groups in total. The quantitative estimate of drug-likeness (QED) is 0.142. The molecule has 3 aliphatic rings. The number of aromatic amines is 1. The molecular formula is C41H52N10O6. The maximum Gasteiger partial charge on any atom is 0.261 e. The van der Waals surface area contributed by atoms with Crippen molar-refractivity contribution < 1.29 is 28.7 Å². The van der Waals surface area contributed by atoms with Crippen molar-refractivity contribution in [2.75, 3.05) is 77.0 Å². The van der Waals surface area contributed by atoms with Crippen LogP contribution in [0.4, 0.5) is 5.82 Å². The molecule has 3 fully saturated rings. The molecule has 2 atom stereocenters. The largest absolute Gasteiger partial charge is 0.492 e. The number of anilines is 1. The molecule has 0 aliphatic carbocycles. The molecule has 0 spiro atoms. The Morgan fingerprint density at radius 1 is 0.965 bits per heavy atom. The van der Waals surface area contributed by atoms with Gasteiger partial charge in [-0.3, -0.25) is 49.2 Å². The van der Waals surface area contributed by atoms with Crippen LogP contribution in [0.15, 0.2) is 48.8 Å². The highest BCUT2D eigenvalue weighted by molar-refractivity contribution is 6.07.